The summed E-state index contributed by atoms with van der Waals surface area (Å²) in [6.45, 7) is 4.64. The lowest BCUT2D eigenvalue weighted by molar-refractivity contribution is 0.250. The van der Waals surface area contributed by atoms with Crippen LogP contribution in [0.2, 0.25) is 0 Å². The zero-order valence-electron chi connectivity index (χ0n) is 12.9. The second kappa shape index (κ2) is 7.06. The van der Waals surface area contributed by atoms with Crippen LogP contribution in [0.1, 0.15) is 11.1 Å². The smallest absolute Gasteiger partial charge is 0.123 e. The minimum Gasteiger partial charge on any atom is -0.389 e. The SMILES string of the molecule is NC(=S)c1ccccc1CN1CCN(c2ccc(F)cc2)CC1. The molecule has 0 saturated carbocycles. The van der Waals surface area contributed by atoms with Gasteiger partial charge in [-0.05, 0) is 29.8 Å². The fraction of sp³-hybridized carbons (Fsp3) is 0.278. The van der Waals surface area contributed by atoms with E-state index in [4.69, 9.17) is 18.0 Å². The fourth-order valence-electron chi connectivity index (χ4n) is 2.96. The number of halogens is 1. The number of piperazine rings is 1. The van der Waals surface area contributed by atoms with Crippen LogP contribution in [0.25, 0.3) is 0 Å². The van der Waals surface area contributed by atoms with Crippen LogP contribution in [-0.2, 0) is 6.54 Å². The van der Waals surface area contributed by atoms with Crippen LogP contribution in [0.4, 0.5) is 10.1 Å². The number of rotatable bonds is 4. The van der Waals surface area contributed by atoms with Crippen molar-refractivity contribution < 1.29 is 4.39 Å². The summed E-state index contributed by atoms with van der Waals surface area (Å²) in [5, 5.41) is 0. The number of nitrogens with zero attached hydrogens (tertiary/aromatic N) is 2. The standard InChI is InChI=1S/C18H20FN3S/c19-15-5-7-16(8-6-15)22-11-9-21(10-12-22)13-14-3-1-2-4-17(14)18(20)23/h1-8H,9-13H2,(H2,20,23). The Morgan fingerprint density at radius 2 is 1.65 bits per heavy atom. The molecule has 2 aromatic rings. The Bertz CT molecular complexity index is 679. The maximum absolute atomic E-state index is 13.0. The molecule has 5 heteroatoms. The first-order chi connectivity index (χ1) is 11.1. The number of anilines is 1. The third kappa shape index (κ3) is 3.86. The van der Waals surface area contributed by atoms with E-state index in [0.717, 1.165) is 44.0 Å². The maximum atomic E-state index is 13.0. The van der Waals surface area contributed by atoms with Crippen molar-refractivity contribution in [1.29, 1.82) is 0 Å². The molecular formula is C18H20FN3S. The van der Waals surface area contributed by atoms with Gasteiger partial charge in [-0.2, -0.15) is 0 Å². The molecule has 1 heterocycles. The molecule has 3 nitrogen and oxygen atoms in total. The van der Waals surface area contributed by atoms with Crippen molar-refractivity contribution in [2.75, 3.05) is 31.1 Å². The van der Waals surface area contributed by atoms with Gasteiger partial charge in [-0.1, -0.05) is 36.5 Å². The van der Waals surface area contributed by atoms with Gasteiger partial charge < -0.3 is 10.6 Å². The minimum atomic E-state index is -0.193. The van der Waals surface area contributed by atoms with Gasteiger partial charge in [0.2, 0.25) is 0 Å². The normalized spacial score (nSPS) is 15.6. The first-order valence-corrected chi connectivity index (χ1v) is 8.15. The molecule has 0 aliphatic carbocycles. The zero-order valence-corrected chi connectivity index (χ0v) is 13.7. The molecule has 1 aliphatic rings. The number of hydrogen-bond donors (Lipinski definition) is 1. The highest BCUT2D eigenvalue weighted by Gasteiger charge is 2.18. The van der Waals surface area contributed by atoms with E-state index in [1.54, 1.807) is 0 Å². The van der Waals surface area contributed by atoms with Gasteiger partial charge >= 0.3 is 0 Å². The molecule has 2 N–H and O–H groups in total. The third-order valence-corrected chi connectivity index (χ3v) is 4.46. The molecule has 0 bridgehead atoms. The topological polar surface area (TPSA) is 32.5 Å². The average Bonchev–Trinajstić information content (AvgIpc) is 2.57. The molecule has 0 spiro atoms. The van der Waals surface area contributed by atoms with Gasteiger partial charge in [0.15, 0.2) is 0 Å². The van der Waals surface area contributed by atoms with E-state index < -0.39 is 0 Å². The molecule has 120 valence electrons. The largest absolute Gasteiger partial charge is 0.389 e. The van der Waals surface area contributed by atoms with Gasteiger partial charge in [-0.3, -0.25) is 4.90 Å². The van der Waals surface area contributed by atoms with Crippen LogP contribution in [-0.4, -0.2) is 36.1 Å². The first kappa shape index (κ1) is 15.9. The molecule has 0 aromatic heterocycles. The van der Waals surface area contributed by atoms with E-state index in [1.165, 1.54) is 17.7 Å². The summed E-state index contributed by atoms with van der Waals surface area (Å²) in [7, 11) is 0. The summed E-state index contributed by atoms with van der Waals surface area (Å²) >= 11 is 5.13. The summed E-state index contributed by atoms with van der Waals surface area (Å²) in [6, 6.07) is 14.8. The van der Waals surface area contributed by atoms with Gasteiger partial charge in [0.1, 0.15) is 10.8 Å². The van der Waals surface area contributed by atoms with E-state index >= 15 is 0 Å². The van der Waals surface area contributed by atoms with E-state index in [2.05, 4.69) is 15.9 Å². The Morgan fingerprint density at radius 3 is 2.30 bits per heavy atom. The lowest BCUT2D eigenvalue weighted by Crippen LogP contribution is -2.46. The lowest BCUT2D eigenvalue weighted by atomic mass is 10.1. The molecule has 0 radical (unpaired) electrons. The van der Waals surface area contributed by atoms with Crippen molar-refractivity contribution in [2.45, 2.75) is 6.54 Å². The third-order valence-electron chi connectivity index (χ3n) is 4.24. The minimum absolute atomic E-state index is 0.193. The van der Waals surface area contributed by atoms with Crippen LogP contribution in [0, 0.1) is 5.82 Å². The van der Waals surface area contributed by atoms with Crippen LogP contribution in [0.5, 0.6) is 0 Å². The molecule has 1 aliphatic heterocycles. The summed E-state index contributed by atoms with van der Waals surface area (Å²) in [5.41, 5.74) is 9.02. The predicted octanol–water partition coefficient (Wildman–Crippen LogP) is 2.78. The van der Waals surface area contributed by atoms with Crippen molar-refractivity contribution in [3.05, 3.63) is 65.5 Å². The second-order valence-corrected chi connectivity index (χ2v) is 6.20. The van der Waals surface area contributed by atoms with Gasteiger partial charge in [-0.15, -0.1) is 0 Å². The molecule has 0 atom stereocenters. The van der Waals surface area contributed by atoms with Crippen LogP contribution < -0.4 is 10.6 Å². The fourth-order valence-corrected chi connectivity index (χ4v) is 3.15. The van der Waals surface area contributed by atoms with Crippen LogP contribution in [0.15, 0.2) is 48.5 Å². The van der Waals surface area contributed by atoms with E-state index in [0.29, 0.717) is 4.99 Å². The Kier molecular flexibility index (Phi) is 4.88. The number of thiocarbonyl (C=S) groups is 1. The lowest BCUT2D eigenvalue weighted by Gasteiger charge is -2.36. The highest BCUT2D eigenvalue weighted by atomic mass is 32.1. The van der Waals surface area contributed by atoms with Gasteiger partial charge in [0.25, 0.3) is 0 Å². The molecule has 3 rings (SSSR count). The zero-order chi connectivity index (χ0) is 16.2. The molecule has 23 heavy (non-hydrogen) atoms. The molecule has 1 fully saturated rings. The van der Waals surface area contributed by atoms with Crippen molar-refractivity contribution in [1.82, 2.24) is 4.90 Å². The highest BCUT2D eigenvalue weighted by Crippen LogP contribution is 2.19. The van der Waals surface area contributed by atoms with Crippen molar-refractivity contribution in [2.24, 2.45) is 5.73 Å². The van der Waals surface area contributed by atoms with Crippen molar-refractivity contribution in [3.63, 3.8) is 0 Å². The van der Waals surface area contributed by atoms with E-state index in [1.807, 2.05) is 30.3 Å². The molecule has 2 aromatic carbocycles. The summed E-state index contributed by atoms with van der Waals surface area (Å²) in [6.07, 6.45) is 0. The monoisotopic (exact) mass is 329 g/mol. The van der Waals surface area contributed by atoms with Crippen molar-refractivity contribution >= 4 is 22.9 Å². The Hall–Kier alpha value is -1.98. The highest BCUT2D eigenvalue weighted by molar-refractivity contribution is 7.80. The Labute approximate surface area is 141 Å². The van der Waals surface area contributed by atoms with Crippen molar-refractivity contribution in [3.8, 4) is 0 Å². The first-order valence-electron chi connectivity index (χ1n) is 7.74. The average molecular weight is 329 g/mol. The number of hydrogen-bond acceptors (Lipinski definition) is 3. The van der Waals surface area contributed by atoms with Gasteiger partial charge in [0.05, 0.1) is 0 Å². The predicted molar refractivity (Wildman–Crippen MR) is 96.2 cm³/mol. The maximum Gasteiger partial charge on any atom is 0.123 e. The summed E-state index contributed by atoms with van der Waals surface area (Å²) in [4.78, 5) is 5.14. The summed E-state index contributed by atoms with van der Waals surface area (Å²) < 4.78 is 13.0. The summed E-state index contributed by atoms with van der Waals surface area (Å²) in [5.74, 6) is -0.193. The van der Waals surface area contributed by atoms with Crippen LogP contribution >= 0.6 is 12.2 Å². The molecule has 0 amide bonds. The van der Waals surface area contributed by atoms with E-state index in [9.17, 15) is 4.39 Å². The Morgan fingerprint density at radius 1 is 1.00 bits per heavy atom. The number of nitrogens with two attached hydrogens (primary N) is 1. The molecule has 1 saturated heterocycles. The number of benzene rings is 2. The van der Waals surface area contributed by atoms with Crippen LogP contribution in [0.3, 0.4) is 0 Å². The molecular weight excluding hydrogens is 309 g/mol. The second-order valence-electron chi connectivity index (χ2n) is 5.76. The van der Waals surface area contributed by atoms with Gasteiger partial charge in [-0.25, -0.2) is 4.39 Å². The quantitative estimate of drug-likeness (QED) is 0.875. The van der Waals surface area contributed by atoms with Gasteiger partial charge in [0, 0.05) is 44.0 Å². The van der Waals surface area contributed by atoms with E-state index in [-0.39, 0.29) is 5.82 Å². The molecule has 0 unspecified atom stereocenters. The Balaban J connectivity index is 1.61.